The summed E-state index contributed by atoms with van der Waals surface area (Å²) < 4.78 is 5.37. The van der Waals surface area contributed by atoms with Crippen molar-refractivity contribution in [3.8, 4) is 5.75 Å². The zero-order valence-electron chi connectivity index (χ0n) is 16.1. The summed E-state index contributed by atoms with van der Waals surface area (Å²) in [5.74, 6) is 1.02. The third-order valence-electron chi connectivity index (χ3n) is 4.94. The van der Waals surface area contributed by atoms with Crippen LogP contribution in [0.4, 0.5) is 5.69 Å². The summed E-state index contributed by atoms with van der Waals surface area (Å²) in [6, 6.07) is 14.9. The smallest absolute Gasteiger partial charge is 0.277 e. The van der Waals surface area contributed by atoms with E-state index in [-0.39, 0.29) is 11.9 Å². The fourth-order valence-corrected chi connectivity index (χ4v) is 3.97. The largest absolute Gasteiger partial charge is 0.497 e. The molecule has 1 amide bonds. The van der Waals surface area contributed by atoms with Gasteiger partial charge in [0.05, 0.1) is 18.8 Å². The fraction of sp³-hybridized carbons (Fsp3) is 0.273. The zero-order chi connectivity index (χ0) is 19.8. The Morgan fingerprint density at radius 1 is 1.21 bits per heavy atom. The molecule has 0 saturated heterocycles. The van der Waals surface area contributed by atoms with Crippen LogP contribution < -0.4 is 9.64 Å². The summed E-state index contributed by atoms with van der Waals surface area (Å²) >= 11 is 6.28. The Kier molecular flexibility index (Phi) is 4.85. The molecule has 1 atom stereocenters. The molecule has 0 aliphatic carbocycles. The minimum atomic E-state index is -0.291. The number of methoxy groups -OCH3 is 1. The number of aromatic nitrogens is 2. The van der Waals surface area contributed by atoms with Gasteiger partial charge in [-0.05, 0) is 42.2 Å². The van der Waals surface area contributed by atoms with E-state index in [0.29, 0.717) is 22.4 Å². The van der Waals surface area contributed by atoms with Gasteiger partial charge in [0.2, 0.25) is 0 Å². The molecule has 1 unspecified atom stereocenters. The lowest BCUT2D eigenvalue weighted by Crippen LogP contribution is -2.29. The minimum absolute atomic E-state index is 0.101. The molecule has 0 spiro atoms. The lowest BCUT2D eigenvalue weighted by Gasteiger charge is -2.27. The van der Waals surface area contributed by atoms with E-state index in [1.165, 1.54) is 0 Å². The molecule has 1 aliphatic heterocycles. The third-order valence-corrected chi connectivity index (χ3v) is 5.18. The number of anilines is 1. The van der Waals surface area contributed by atoms with Crippen LogP contribution >= 0.6 is 11.6 Å². The van der Waals surface area contributed by atoms with Crippen LogP contribution in [-0.4, -0.2) is 23.2 Å². The molecular formula is C22H22ClN3O2. The molecule has 0 saturated carbocycles. The summed E-state index contributed by atoms with van der Waals surface area (Å²) in [4.78, 5) is 15.1. The number of fused-ring (bicyclic) bond motifs is 1. The number of ether oxygens (including phenoxy) is 1. The Labute approximate surface area is 169 Å². The van der Waals surface area contributed by atoms with Crippen LogP contribution in [0.5, 0.6) is 5.75 Å². The summed E-state index contributed by atoms with van der Waals surface area (Å²) in [6.45, 7) is 4.29. The average Bonchev–Trinajstić information content (AvgIpc) is 3.20. The predicted molar refractivity (Wildman–Crippen MR) is 110 cm³/mol. The molecule has 2 aromatic carbocycles. The summed E-state index contributed by atoms with van der Waals surface area (Å²) in [5.41, 5.74) is 4.13. The number of halogens is 1. The monoisotopic (exact) mass is 395 g/mol. The van der Waals surface area contributed by atoms with Crippen molar-refractivity contribution in [1.82, 2.24) is 10.2 Å². The van der Waals surface area contributed by atoms with Gasteiger partial charge in [-0.1, -0.05) is 43.6 Å². The first-order valence-electron chi connectivity index (χ1n) is 9.29. The number of carbonyl (C=O) groups excluding carboxylic acids is 1. The summed E-state index contributed by atoms with van der Waals surface area (Å²) in [7, 11) is 1.62. The Bertz CT molecular complexity index is 1030. The van der Waals surface area contributed by atoms with Gasteiger partial charge in [0.1, 0.15) is 11.4 Å². The van der Waals surface area contributed by atoms with E-state index < -0.39 is 0 Å². The second-order valence-electron chi connectivity index (χ2n) is 7.39. The van der Waals surface area contributed by atoms with Crippen LogP contribution in [0.2, 0.25) is 5.02 Å². The minimum Gasteiger partial charge on any atom is -0.497 e. The molecule has 3 aromatic rings. The Hall–Kier alpha value is -2.79. The van der Waals surface area contributed by atoms with Crippen LogP contribution in [0.15, 0.2) is 48.5 Å². The molecule has 1 N–H and O–H groups in total. The number of benzene rings is 2. The first-order chi connectivity index (χ1) is 13.5. The number of hydrogen-bond acceptors (Lipinski definition) is 3. The molecule has 0 fully saturated rings. The standard InChI is InChI=1S/C22H22ClN3O2/c1-13(2)10-18-19-20(25-24-18)22(27)26(16-8-5-9-17(12-16)28-3)21(19)14-6-4-7-15(23)11-14/h4-9,11-13,21H,10H2,1-3H3,(H,24,25). The summed E-state index contributed by atoms with van der Waals surface area (Å²) in [6.07, 6.45) is 0.794. The first-order valence-corrected chi connectivity index (χ1v) is 9.67. The normalized spacial score (nSPS) is 16.0. The van der Waals surface area contributed by atoms with E-state index in [4.69, 9.17) is 16.3 Å². The van der Waals surface area contributed by atoms with Gasteiger partial charge >= 0.3 is 0 Å². The number of aromatic amines is 1. The highest BCUT2D eigenvalue weighted by atomic mass is 35.5. The van der Waals surface area contributed by atoms with Gasteiger partial charge in [-0.2, -0.15) is 5.10 Å². The topological polar surface area (TPSA) is 58.2 Å². The van der Waals surface area contributed by atoms with E-state index in [9.17, 15) is 4.79 Å². The molecule has 4 rings (SSSR count). The van der Waals surface area contributed by atoms with Crippen molar-refractivity contribution in [3.05, 3.63) is 76.1 Å². The number of nitrogens with zero attached hydrogens (tertiary/aromatic N) is 2. The van der Waals surface area contributed by atoms with Gasteiger partial charge in [-0.15, -0.1) is 0 Å². The number of hydrogen-bond donors (Lipinski definition) is 1. The van der Waals surface area contributed by atoms with Gasteiger partial charge in [0.25, 0.3) is 5.91 Å². The molecule has 0 radical (unpaired) electrons. The number of H-pyrrole nitrogens is 1. The number of rotatable bonds is 5. The van der Waals surface area contributed by atoms with Crippen LogP contribution in [0.25, 0.3) is 0 Å². The average molecular weight is 396 g/mol. The SMILES string of the molecule is COc1cccc(N2C(=O)c3[nH]nc(CC(C)C)c3C2c2cccc(Cl)c2)c1. The van der Waals surface area contributed by atoms with Crippen LogP contribution in [0, 0.1) is 5.92 Å². The van der Waals surface area contributed by atoms with E-state index in [1.54, 1.807) is 12.0 Å². The van der Waals surface area contributed by atoms with E-state index in [0.717, 1.165) is 28.9 Å². The summed E-state index contributed by atoms with van der Waals surface area (Å²) in [5, 5.41) is 8.07. The predicted octanol–water partition coefficient (Wildman–Crippen LogP) is 5.02. The molecule has 6 heteroatoms. The molecular weight excluding hydrogens is 374 g/mol. The Morgan fingerprint density at radius 3 is 2.71 bits per heavy atom. The highest BCUT2D eigenvalue weighted by Gasteiger charge is 2.42. The lowest BCUT2D eigenvalue weighted by atomic mass is 9.95. The van der Waals surface area contributed by atoms with Crippen molar-refractivity contribution in [1.29, 1.82) is 0 Å². The Morgan fingerprint density at radius 2 is 2.00 bits per heavy atom. The quantitative estimate of drug-likeness (QED) is 0.659. The highest BCUT2D eigenvalue weighted by molar-refractivity contribution is 6.30. The molecule has 1 aliphatic rings. The number of amides is 1. The van der Waals surface area contributed by atoms with Crippen molar-refractivity contribution < 1.29 is 9.53 Å². The van der Waals surface area contributed by atoms with Crippen LogP contribution in [-0.2, 0) is 6.42 Å². The van der Waals surface area contributed by atoms with Crippen molar-refractivity contribution in [2.24, 2.45) is 5.92 Å². The second kappa shape index (κ2) is 7.32. The van der Waals surface area contributed by atoms with Crippen LogP contribution in [0.3, 0.4) is 0 Å². The molecule has 1 aromatic heterocycles. The maximum Gasteiger partial charge on any atom is 0.277 e. The van der Waals surface area contributed by atoms with Crippen LogP contribution in [0.1, 0.15) is 47.2 Å². The molecule has 2 heterocycles. The molecule has 144 valence electrons. The molecule has 28 heavy (non-hydrogen) atoms. The van der Waals surface area contributed by atoms with E-state index >= 15 is 0 Å². The van der Waals surface area contributed by atoms with E-state index in [1.807, 2.05) is 48.5 Å². The number of nitrogens with one attached hydrogen (secondary N) is 1. The molecule has 0 bridgehead atoms. The second-order valence-corrected chi connectivity index (χ2v) is 7.83. The molecule has 5 nitrogen and oxygen atoms in total. The van der Waals surface area contributed by atoms with Gasteiger partial charge in [-0.3, -0.25) is 14.8 Å². The fourth-order valence-electron chi connectivity index (χ4n) is 3.77. The number of carbonyl (C=O) groups is 1. The first kappa shape index (κ1) is 18.6. The van der Waals surface area contributed by atoms with Crippen molar-refractivity contribution in [2.75, 3.05) is 12.0 Å². The van der Waals surface area contributed by atoms with Crippen molar-refractivity contribution >= 4 is 23.2 Å². The maximum absolute atomic E-state index is 13.3. The van der Waals surface area contributed by atoms with Crippen molar-refractivity contribution in [3.63, 3.8) is 0 Å². The van der Waals surface area contributed by atoms with Gasteiger partial charge in [0.15, 0.2) is 0 Å². The van der Waals surface area contributed by atoms with E-state index in [2.05, 4.69) is 24.0 Å². The van der Waals surface area contributed by atoms with Gasteiger partial charge in [0, 0.05) is 22.3 Å². The zero-order valence-corrected chi connectivity index (χ0v) is 16.8. The maximum atomic E-state index is 13.3. The van der Waals surface area contributed by atoms with Gasteiger partial charge in [-0.25, -0.2) is 0 Å². The van der Waals surface area contributed by atoms with Gasteiger partial charge < -0.3 is 4.74 Å². The third kappa shape index (κ3) is 3.16. The highest BCUT2D eigenvalue weighted by Crippen LogP contribution is 2.43. The lowest BCUT2D eigenvalue weighted by molar-refractivity contribution is 0.0988. The Balaban J connectivity index is 1.90. The van der Waals surface area contributed by atoms with Crippen molar-refractivity contribution in [2.45, 2.75) is 26.3 Å².